The predicted octanol–water partition coefficient (Wildman–Crippen LogP) is 5.82. The van der Waals surface area contributed by atoms with E-state index in [4.69, 9.17) is 34.8 Å². The smallest absolute Gasteiger partial charge is 0.243 e. The summed E-state index contributed by atoms with van der Waals surface area (Å²) in [6.07, 6.45) is 0.913. The van der Waals surface area contributed by atoms with Gasteiger partial charge in [-0.2, -0.15) is 4.31 Å². The number of carbonyl (C=O) groups excluding carboxylic acids is 2. The SMILES string of the molecule is CC[C@@H](C)NC(=O)[C@H](Cc1ccccc1)N(Cc1ccc(Cl)cc1Cl)C(=O)CN(C)S(=O)(=O)c1ccc(Cl)cc1. The van der Waals surface area contributed by atoms with E-state index >= 15 is 0 Å². The molecule has 3 aromatic rings. The van der Waals surface area contributed by atoms with Gasteiger partial charge in [0.05, 0.1) is 11.4 Å². The summed E-state index contributed by atoms with van der Waals surface area (Å²) in [6.45, 7) is 3.30. The van der Waals surface area contributed by atoms with Crippen molar-refractivity contribution in [2.24, 2.45) is 0 Å². The molecule has 0 fully saturated rings. The molecular weight excluding hydrogens is 593 g/mol. The molecule has 0 radical (unpaired) electrons. The van der Waals surface area contributed by atoms with Gasteiger partial charge in [-0.3, -0.25) is 9.59 Å². The van der Waals surface area contributed by atoms with Gasteiger partial charge in [-0.05, 0) is 60.9 Å². The molecule has 40 heavy (non-hydrogen) atoms. The molecule has 11 heteroatoms. The summed E-state index contributed by atoms with van der Waals surface area (Å²) in [7, 11) is -2.70. The Balaban J connectivity index is 2.01. The number of hydrogen-bond acceptors (Lipinski definition) is 4. The van der Waals surface area contributed by atoms with Gasteiger partial charge in [-0.25, -0.2) is 8.42 Å². The lowest BCUT2D eigenvalue weighted by atomic mass is 10.0. The van der Waals surface area contributed by atoms with Crippen LogP contribution in [0.2, 0.25) is 15.1 Å². The highest BCUT2D eigenvalue weighted by atomic mass is 35.5. The zero-order valence-corrected chi connectivity index (χ0v) is 25.6. The maximum atomic E-state index is 13.9. The first kappa shape index (κ1) is 31.9. The van der Waals surface area contributed by atoms with Gasteiger partial charge in [0.2, 0.25) is 21.8 Å². The van der Waals surface area contributed by atoms with Gasteiger partial charge < -0.3 is 10.2 Å². The van der Waals surface area contributed by atoms with Gasteiger partial charge >= 0.3 is 0 Å². The third-order valence-corrected chi connectivity index (χ3v) is 9.16. The largest absolute Gasteiger partial charge is 0.352 e. The highest BCUT2D eigenvalue weighted by Gasteiger charge is 2.33. The molecule has 0 aliphatic carbocycles. The molecule has 1 N–H and O–H groups in total. The summed E-state index contributed by atoms with van der Waals surface area (Å²) >= 11 is 18.5. The van der Waals surface area contributed by atoms with Crippen molar-refractivity contribution in [2.45, 2.75) is 50.2 Å². The minimum atomic E-state index is -4.02. The van der Waals surface area contributed by atoms with Gasteiger partial charge in [0.25, 0.3) is 0 Å². The summed E-state index contributed by atoms with van der Waals surface area (Å²) in [5, 5.41) is 4.12. The van der Waals surface area contributed by atoms with Crippen LogP contribution in [-0.2, 0) is 32.6 Å². The Bertz CT molecular complexity index is 1420. The average Bonchev–Trinajstić information content (AvgIpc) is 2.92. The van der Waals surface area contributed by atoms with Crippen LogP contribution < -0.4 is 5.32 Å². The second-order valence-electron chi connectivity index (χ2n) is 9.50. The fraction of sp³-hybridized carbons (Fsp3) is 0.310. The number of nitrogens with zero attached hydrogens (tertiary/aromatic N) is 2. The van der Waals surface area contributed by atoms with Crippen molar-refractivity contribution in [1.82, 2.24) is 14.5 Å². The van der Waals surface area contributed by atoms with Gasteiger partial charge in [0, 0.05) is 41.1 Å². The van der Waals surface area contributed by atoms with E-state index in [1.807, 2.05) is 44.2 Å². The van der Waals surface area contributed by atoms with Crippen molar-refractivity contribution in [1.29, 1.82) is 0 Å². The van der Waals surface area contributed by atoms with Crippen LogP contribution in [0.25, 0.3) is 0 Å². The van der Waals surface area contributed by atoms with E-state index in [9.17, 15) is 18.0 Å². The van der Waals surface area contributed by atoms with Crippen LogP contribution in [0.3, 0.4) is 0 Å². The third-order valence-electron chi connectivity index (χ3n) is 6.51. The Labute approximate surface area is 251 Å². The molecule has 7 nitrogen and oxygen atoms in total. The first-order valence-electron chi connectivity index (χ1n) is 12.7. The first-order valence-corrected chi connectivity index (χ1v) is 15.3. The summed E-state index contributed by atoms with van der Waals surface area (Å²) in [5.41, 5.74) is 1.41. The fourth-order valence-corrected chi connectivity index (χ4v) is 5.70. The molecule has 0 saturated heterocycles. The standard InChI is InChI=1S/C29H32Cl3N3O4S/c1-4-20(2)33-29(37)27(16-21-8-6-5-7-9-21)35(18-22-10-11-24(31)17-26(22)32)28(36)19-34(3)40(38,39)25-14-12-23(30)13-15-25/h5-15,17,20,27H,4,16,18-19H2,1-3H3,(H,33,37)/t20-,27+/m1/s1. The molecule has 0 bridgehead atoms. The molecule has 2 amide bonds. The highest BCUT2D eigenvalue weighted by Crippen LogP contribution is 2.25. The summed E-state index contributed by atoms with van der Waals surface area (Å²) in [4.78, 5) is 28.9. The Morgan fingerprint density at radius 2 is 1.55 bits per heavy atom. The highest BCUT2D eigenvalue weighted by molar-refractivity contribution is 7.89. The number of amides is 2. The molecule has 0 heterocycles. The van der Waals surface area contributed by atoms with Gasteiger partial charge in [-0.1, -0.05) is 78.1 Å². The second kappa shape index (κ2) is 14.3. The van der Waals surface area contributed by atoms with Crippen LogP contribution in [0.1, 0.15) is 31.4 Å². The lowest BCUT2D eigenvalue weighted by Crippen LogP contribution is -2.54. The van der Waals surface area contributed by atoms with E-state index in [0.717, 1.165) is 9.87 Å². The predicted molar refractivity (Wildman–Crippen MR) is 160 cm³/mol. The van der Waals surface area contributed by atoms with E-state index in [1.54, 1.807) is 18.2 Å². The number of halogens is 3. The molecule has 0 aromatic heterocycles. The monoisotopic (exact) mass is 623 g/mol. The minimum absolute atomic E-state index is 0.00477. The zero-order chi connectivity index (χ0) is 29.4. The maximum absolute atomic E-state index is 13.9. The van der Waals surface area contributed by atoms with Crippen molar-refractivity contribution < 1.29 is 18.0 Å². The maximum Gasteiger partial charge on any atom is 0.243 e. The fourth-order valence-electron chi connectivity index (χ4n) is 3.98. The molecule has 0 unspecified atom stereocenters. The lowest BCUT2D eigenvalue weighted by Gasteiger charge is -2.33. The van der Waals surface area contributed by atoms with Crippen molar-refractivity contribution >= 4 is 56.6 Å². The molecule has 0 aliphatic heterocycles. The summed E-state index contributed by atoms with van der Waals surface area (Å²) < 4.78 is 27.4. The first-order chi connectivity index (χ1) is 18.9. The van der Waals surface area contributed by atoms with Crippen LogP contribution in [-0.4, -0.2) is 55.1 Å². The van der Waals surface area contributed by atoms with E-state index < -0.39 is 28.5 Å². The van der Waals surface area contributed by atoms with Crippen LogP contribution in [0, 0.1) is 0 Å². The average molecular weight is 625 g/mol. The Morgan fingerprint density at radius 3 is 2.15 bits per heavy atom. The van der Waals surface area contributed by atoms with Gasteiger partial charge in [-0.15, -0.1) is 0 Å². The lowest BCUT2D eigenvalue weighted by molar-refractivity contribution is -0.141. The number of nitrogens with one attached hydrogen (secondary N) is 1. The number of sulfonamides is 1. The molecule has 3 rings (SSSR count). The quantitative estimate of drug-likeness (QED) is 0.275. The van der Waals surface area contributed by atoms with Crippen LogP contribution in [0.15, 0.2) is 77.7 Å². The summed E-state index contributed by atoms with van der Waals surface area (Å²) in [6, 6.07) is 18.8. The Kier molecular flexibility index (Phi) is 11.4. The molecular formula is C29H32Cl3N3O4S. The van der Waals surface area contributed by atoms with Crippen LogP contribution in [0.5, 0.6) is 0 Å². The molecule has 0 spiro atoms. The summed E-state index contributed by atoms with van der Waals surface area (Å²) in [5.74, 6) is -0.911. The van der Waals surface area contributed by atoms with Crippen LogP contribution >= 0.6 is 34.8 Å². The topological polar surface area (TPSA) is 86.8 Å². The van der Waals surface area contributed by atoms with Crippen molar-refractivity contribution in [3.8, 4) is 0 Å². The Hall–Kier alpha value is -2.62. The minimum Gasteiger partial charge on any atom is -0.352 e. The molecule has 0 saturated carbocycles. The van der Waals surface area contributed by atoms with E-state index in [2.05, 4.69) is 5.32 Å². The number of benzene rings is 3. The molecule has 0 aliphatic rings. The normalized spacial score (nSPS) is 13.1. The number of likely N-dealkylation sites (N-methyl/N-ethyl adjacent to an activating group) is 1. The second-order valence-corrected chi connectivity index (χ2v) is 12.8. The molecule has 2 atom stereocenters. The number of rotatable bonds is 12. The van der Waals surface area contributed by atoms with Crippen molar-refractivity contribution in [3.05, 3.63) is 99.0 Å². The van der Waals surface area contributed by atoms with Crippen molar-refractivity contribution in [3.63, 3.8) is 0 Å². The van der Waals surface area contributed by atoms with Crippen LogP contribution in [0.4, 0.5) is 0 Å². The third kappa shape index (κ3) is 8.44. The molecule has 214 valence electrons. The van der Waals surface area contributed by atoms with E-state index in [-0.39, 0.29) is 29.8 Å². The zero-order valence-electron chi connectivity index (χ0n) is 22.5. The number of hydrogen-bond donors (Lipinski definition) is 1. The molecule has 3 aromatic carbocycles. The number of carbonyl (C=O) groups is 2. The Morgan fingerprint density at radius 1 is 0.925 bits per heavy atom. The van der Waals surface area contributed by atoms with Gasteiger partial charge in [0.1, 0.15) is 6.04 Å². The van der Waals surface area contributed by atoms with E-state index in [0.29, 0.717) is 27.1 Å². The van der Waals surface area contributed by atoms with E-state index in [1.165, 1.54) is 36.2 Å². The van der Waals surface area contributed by atoms with Crippen molar-refractivity contribution in [2.75, 3.05) is 13.6 Å². The van der Waals surface area contributed by atoms with Gasteiger partial charge in [0.15, 0.2) is 0 Å².